The van der Waals surface area contributed by atoms with E-state index >= 15 is 0 Å². The molecule has 1 nitrogen and oxygen atoms in total. The molecule has 2 heteroatoms. The fourth-order valence-electron chi connectivity index (χ4n) is 2.36. The van der Waals surface area contributed by atoms with Gasteiger partial charge in [0.1, 0.15) is 0 Å². The molecule has 1 unspecified atom stereocenters. The van der Waals surface area contributed by atoms with E-state index < -0.39 is 0 Å². The van der Waals surface area contributed by atoms with Gasteiger partial charge >= 0.3 is 0 Å². The Hall–Kier alpha value is -0.870. The van der Waals surface area contributed by atoms with Crippen LogP contribution in [0.25, 0.3) is 0 Å². The molecule has 20 heavy (non-hydrogen) atoms. The molecule has 106 valence electrons. The zero-order valence-corrected chi connectivity index (χ0v) is 14.4. The van der Waals surface area contributed by atoms with Crippen molar-refractivity contribution in [1.29, 1.82) is 0 Å². The molecule has 2 aromatic carbocycles. The average Bonchev–Trinajstić information content (AvgIpc) is 2.49. The third-order valence-corrected chi connectivity index (χ3v) is 4.21. The molecule has 0 radical (unpaired) electrons. The number of halogens is 1. The Morgan fingerprint density at radius 3 is 2.40 bits per heavy atom. The van der Waals surface area contributed by atoms with Gasteiger partial charge in [0, 0.05) is 3.57 Å². The maximum absolute atomic E-state index is 3.67. The van der Waals surface area contributed by atoms with Gasteiger partial charge in [0.15, 0.2) is 0 Å². The average molecular weight is 379 g/mol. The highest BCUT2D eigenvalue weighted by Crippen LogP contribution is 2.24. The van der Waals surface area contributed by atoms with Crippen LogP contribution in [0.5, 0.6) is 0 Å². The molecular formula is C18H22IN. The van der Waals surface area contributed by atoms with Crippen molar-refractivity contribution in [2.24, 2.45) is 0 Å². The molecule has 1 atom stereocenters. The van der Waals surface area contributed by atoms with Crippen LogP contribution in [0.1, 0.15) is 43.0 Å². The Bertz CT molecular complexity index is 533. The van der Waals surface area contributed by atoms with Gasteiger partial charge in [-0.2, -0.15) is 0 Å². The quantitative estimate of drug-likeness (QED) is 0.701. The third kappa shape index (κ3) is 4.06. The number of rotatable bonds is 6. The minimum absolute atomic E-state index is 0.290. The maximum Gasteiger partial charge on any atom is 0.0576 e. The second kappa shape index (κ2) is 7.79. The first-order chi connectivity index (χ1) is 9.74. The van der Waals surface area contributed by atoms with Gasteiger partial charge in [0.25, 0.3) is 0 Å². The van der Waals surface area contributed by atoms with Crippen LogP contribution >= 0.6 is 22.6 Å². The molecule has 0 bridgehead atoms. The number of hydrogen-bond donors (Lipinski definition) is 1. The van der Waals surface area contributed by atoms with Crippen molar-refractivity contribution in [3.05, 3.63) is 68.8 Å². The molecule has 0 saturated carbocycles. The minimum atomic E-state index is 0.290. The summed E-state index contributed by atoms with van der Waals surface area (Å²) in [6.07, 6.45) is 2.23. The molecule has 0 aromatic heterocycles. The number of hydrogen-bond acceptors (Lipinski definition) is 1. The summed E-state index contributed by atoms with van der Waals surface area (Å²) in [4.78, 5) is 0. The van der Waals surface area contributed by atoms with Crippen molar-refractivity contribution in [3.8, 4) is 0 Å². The second-order valence-electron chi connectivity index (χ2n) is 5.04. The molecule has 0 aliphatic carbocycles. The van der Waals surface area contributed by atoms with E-state index in [2.05, 4.69) is 90.3 Å². The molecule has 0 aliphatic rings. The van der Waals surface area contributed by atoms with E-state index in [0.29, 0.717) is 6.04 Å². The van der Waals surface area contributed by atoms with Crippen LogP contribution in [-0.4, -0.2) is 6.54 Å². The van der Waals surface area contributed by atoms with Gasteiger partial charge in [-0.15, -0.1) is 0 Å². The molecule has 2 rings (SSSR count). The lowest BCUT2D eigenvalue weighted by molar-refractivity contribution is 0.598. The topological polar surface area (TPSA) is 12.0 Å². The first-order valence-corrected chi connectivity index (χ1v) is 8.40. The minimum Gasteiger partial charge on any atom is -0.306 e. The zero-order chi connectivity index (χ0) is 14.4. The lowest BCUT2D eigenvalue weighted by Gasteiger charge is -2.20. The molecule has 0 spiro atoms. The summed E-state index contributed by atoms with van der Waals surface area (Å²) in [6, 6.07) is 18.0. The summed E-state index contributed by atoms with van der Waals surface area (Å²) in [7, 11) is 0. The van der Waals surface area contributed by atoms with Crippen molar-refractivity contribution in [1.82, 2.24) is 5.32 Å². The Labute approximate surface area is 135 Å². The van der Waals surface area contributed by atoms with Gasteiger partial charge in [0.05, 0.1) is 6.04 Å². The lowest BCUT2D eigenvalue weighted by atomic mass is 9.96. The number of benzene rings is 2. The summed E-state index contributed by atoms with van der Waals surface area (Å²) in [5.74, 6) is 0. The first kappa shape index (κ1) is 15.5. The van der Waals surface area contributed by atoms with Gasteiger partial charge in [-0.1, -0.05) is 50.2 Å². The molecule has 2 aromatic rings. The van der Waals surface area contributed by atoms with E-state index in [4.69, 9.17) is 0 Å². The fourth-order valence-corrected chi connectivity index (χ4v) is 2.72. The molecule has 0 amide bonds. The normalized spacial score (nSPS) is 12.3. The van der Waals surface area contributed by atoms with Crippen LogP contribution in [-0.2, 0) is 6.42 Å². The van der Waals surface area contributed by atoms with E-state index in [-0.39, 0.29) is 0 Å². The van der Waals surface area contributed by atoms with Crippen LogP contribution in [0.3, 0.4) is 0 Å². The molecular weight excluding hydrogens is 357 g/mol. The van der Waals surface area contributed by atoms with Crippen LogP contribution in [0, 0.1) is 3.57 Å². The third-order valence-electron chi connectivity index (χ3n) is 3.49. The Balaban J connectivity index is 2.32. The Morgan fingerprint density at radius 2 is 1.75 bits per heavy atom. The molecule has 0 saturated heterocycles. The summed E-state index contributed by atoms with van der Waals surface area (Å²) >= 11 is 2.35. The smallest absolute Gasteiger partial charge is 0.0576 e. The predicted molar refractivity (Wildman–Crippen MR) is 95.1 cm³/mol. The summed E-state index contributed by atoms with van der Waals surface area (Å²) in [5.41, 5.74) is 4.10. The van der Waals surface area contributed by atoms with E-state index in [1.54, 1.807) is 0 Å². The predicted octanol–water partition coefficient (Wildman–Crippen LogP) is 4.94. The Morgan fingerprint density at radius 1 is 1.00 bits per heavy atom. The first-order valence-electron chi connectivity index (χ1n) is 7.32. The number of nitrogens with one attached hydrogen (secondary N) is 1. The van der Waals surface area contributed by atoms with Crippen LogP contribution in [0.2, 0.25) is 0 Å². The summed E-state index contributed by atoms with van der Waals surface area (Å²) < 4.78 is 1.28. The molecule has 0 heterocycles. The monoisotopic (exact) mass is 379 g/mol. The molecule has 1 N–H and O–H groups in total. The van der Waals surface area contributed by atoms with Crippen molar-refractivity contribution >= 4 is 22.6 Å². The van der Waals surface area contributed by atoms with Gasteiger partial charge in [-0.25, -0.2) is 0 Å². The van der Waals surface area contributed by atoms with Crippen LogP contribution in [0.4, 0.5) is 0 Å². The molecule has 0 fully saturated rings. The fraction of sp³-hybridized carbons (Fsp3) is 0.333. The SMILES string of the molecule is CCCNC(c1ccc(I)cc1)c1cccc(CC)c1. The van der Waals surface area contributed by atoms with Crippen LogP contribution in [0.15, 0.2) is 48.5 Å². The lowest BCUT2D eigenvalue weighted by Crippen LogP contribution is -2.23. The van der Waals surface area contributed by atoms with Gasteiger partial charge < -0.3 is 5.32 Å². The largest absolute Gasteiger partial charge is 0.306 e. The van der Waals surface area contributed by atoms with Gasteiger partial charge in [-0.3, -0.25) is 0 Å². The van der Waals surface area contributed by atoms with Crippen molar-refractivity contribution in [2.45, 2.75) is 32.7 Å². The van der Waals surface area contributed by atoms with E-state index in [9.17, 15) is 0 Å². The molecule has 0 aliphatic heterocycles. The maximum atomic E-state index is 3.67. The summed E-state index contributed by atoms with van der Waals surface area (Å²) in [6.45, 7) is 5.45. The summed E-state index contributed by atoms with van der Waals surface area (Å²) in [5, 5.41) is 3.67. The van der Waals surface area contributed by atoms with Gasteiger partial charge in [-0.05, 0) is 70.8 Å². The van der Waals surface area contributed by atoms with Crippen LogP contribution < -0.4 is 5.32 Å². The highest BCUT2D eigenvalue weighted by Gasteiger charge is 2.13. The van der Waals surface area contributed by atoms with Gasteiger partial charge in [0.2, 0.25) is 0 Å². The Kier molecular flexibility index (Phi) is 6.05. The zero-order valence-electron chi connectivity index (χ0n) is 12.2. The van der Waals surface area contributed by atoms with Crippen molar-refractivity contribution in [3.63, 3.8) is 0 Å². The van der Waals surface area contributed by atoms with E-state index in [1.165, 1.54) is 20.3 Å². The highest BCUT2D eigenvalue weighted by molar-refractivity contribution is 14.1. The standard InChI is InChI=1S/C18H22IN/c1-3-12-20-18(15-8-10-17(19)11-9-15)16-7-5-6-14(4-2)13-16/h5-11,13,18,20H,3-4,12H2,1-2H3. The van der Waals surface area contributed by atoms with Crippen molar-refractivity contribution in [2.75, 3.05) is 6.54 Å². The number of aryl methyl sites for hydroxylation is 1. The highest BCUT2D eigenvalue weighted by atomic mass is 127. The van der Waals surface area contributed by atoms with E-state index in [1.807, 2.05) is 0 Å². The second-order valence-corrected chi connectivity index (χ2v) is 6.28. The van der Waals surface area contributed by atoms with E-state index in [0.717, 1.165) is 19.4 Å². The van der Waals surface area contributed by atoms with Crippen molar-refractivity contribution < 1.29 is 0 Å².